The Hall–Kier alpha value is -3.13. The van der Waals surface area contributed by atoms with Crippen LogP contribution < -0.4 is 4.57 Å². The Morgan fingerprint density at radius 2 is 1.91 bits per heavy atom. The molecule has 35 heavy (non-hydrogen) atoms. The molecule has 1 N–H and O–H groups in total. The monoisotopic (exact) mass is 487 g/mol. The minimum Gasteiger partial charge on any atom is -0.459 e. The number of aromatic nitrogens is 2. The van der Waals surface area contributed by atoms with Gasteiger partial charge in [-0.2, -0.15) is 0 Å². The summed E-state index contributed by atoms with van der Waals surface area (Å²) in [5.74, 6) is -4.16. The van der Waals surface area contributed by atoms with Crippen molar-refractivity contribution in [3.05, 3.63) is 89.8 Å². The van der Waals surface area contributed by atoms with E-state index in [9.17, 15) is 23.1 Å². The molecule has 1 fully saturated rings. The number of carbonyl (C=O) groups is 1. The predicted molar refractivity (Wildman–Crippen MR) is 123 cm³/mol. The van der Waals surface area contributed by atoms with Crippen LogP contribution in [0.1, 0.15) is 42.6 Å². The molecule has 2 aromatic carbocycles. The fraction of sp³-hybridized carbons (Fsp3) is 0.407. The summed E-state index contributed by atoms with van der Waals surface area (Å²) in [6.45, 7) is 2.78. The van der Waals surface area contributed by atoms with Crippen LogP contribution in [0.4, 0.5) is 13.2 Å². The van der Waals surface area contributed by atoms with E-state index in [1.807, 2.05) is 28.5 Å². The summed E-state index contributed by atoms with van der Waals surface area (Å²) in [6, 6.07) is 14.5. The Morgan fingerprint density at radius 1 is 1.20 bits per heavy atom. The van der Waals surface area contributed by atoms with Crippen molar-refractivity contribution in [2.75, 3.05) is 6.61 Å². The Morgan fingerprint density at radius 3 is 2.60 bits per heavy atom. The van der Waals surface area contributed by atoms with E-state index in [1.165, 1.54) is 12.1 Å². The van der Waals surface area contributed by atoms with Crippen molar-refractivity contribution in [3.63, 3.8) is 0 Å². The number of imidazole rings is 1. The first-order chi connectivity index (χ1) is 16.7. The van der Waals surface area contributed by atoms with Crippen molar-refractivity contribution in [1.82, 2.24) is 4.57 Å². The van der Waals surface area contributed by atoms with Gasteiger partial charge >= 0.3 is 5.97 Å². The first-order valence-electron chi connectivity index (χ1n) is 11.8. The molecule has 1 saturated carbocycles. The number of ether oxygens (including phenoxy) is 1. The average Bonchev–Trinajstić information content (AvgIpc) is 3.18. The second kappa shape index (κ2) is 10.2. The molecule has 1 aromatic heterocycles. The standard InChI is InChI=1S/C27H30F3N2O3/c1-20-31(14-15-32(20)19-21-9-11-24(28)12-10-21)16-17-35-25(33)27(34,22-6-3-2-4-7-22)23-8-5-13-26(29,30)18-23/h2-4,6-7,9-12,14-15,23,34H,5,8,13,16-19H2,1H3/q+1/t23-,27-/m0/s1. The molecule has 0 spiro atoms. The van der Waals surface area contributed by atoms with E-state index in [2.05, 4.69) is 0 Å². The Labute approximate surface area is 202 Å². The molecule has 0 saturated heterocycles. The largest absolute Gasteiger partial charge is 0.459 e. The fourth-order valence-corrected chi connectivity index (χ4v) is 4.82. The lowest BCUT2D eigenvalue weighted by atomic mass is 9.72. The van der Waals surface area contributed by atoms with Crippen LogP contribution in [-0.4, -0.2) is 28.2 Å². The van der Waals surface area contributed by atoms with Crippen LogP contribution in [0.25, 0.3) is 0 Å². The van der Waals surface area contributed by atoms with E-state index in [1.54, 1.807) is 42.5 Å². The van der Waals surface area contributed by atoms with E-state index < -0.39 is 29.8 Å². The lowest BCUT2D eigenvalue weighted by Crippen LogP contribution is -2.48. The zero-order chi connectivity index (χ0) is 25.1. The summed E-state index contributed by atoms with van der Waals surface area (Å²) in [7, 11) is 0. The van der Waals surface area contributed by atoms with Gasteiger partial charge in [0.05, 0.1) is 0 Å². The van der Waals surface area contributed by atoms with E-state index >= 15 is 0 Å². The zero-order valence-electron chi connectivity index (χ0n) is 19.7. The quantitative estimate of drug-likeness (QED) is 0.375. The number of halogens is 3. The van der Waals surface area contributed by atoms with Gasteiger partial charge in [0.15, 0.2) is 5.60 Å². The van der Waals surface area contributed by atoms with Gasteiger partial charge in [-0.05, 0) is 36.1 Å². The van der Waals surface area contributed by atoms with E-state index in [0.29, 0.717) is 19.5 Å². The lowest BCUT2D eigenvalue weighted by molar-refractivity contribution is -0.694. The van der Waals surface area contributed by atoms with E-state index in [0.717, 1.165) is 11.4 Å². The summed E-state index contributed by atoms with van der Waals surface area (Å²) in [5, 5.41) is 11.5. The van der Waals surface area contributed by atoms with Gasteiger partial charge in [-0.1, -0.05) is 42.5 Å². The van der Waals surface area contributed by atoms with Crippen LogP contribution in [0.5, 0.6) is 0 Å². The minimum atomic E-state index is -2.92. The van der Waals surface area contributed by atoms with Gasteiger partial charge in [-0.15, -0.1) is 0 Å². The topological polar surface area (TPSA) is 55.3 Å². The number of hydrogen-bond donors (Lipinski definition) is 1. The van der Waals surface area contributed by atoms with Crippen LogP contribution in [0.2, 0.25) is 0 Å². The van der Waals surface area contributed by atoms with Gasteiger partial charge in [0.1, 0.15) is 37.9 Å². The van der Waals surface area contributed by atoms with Crippen molar-refractivity contribution >= 4 is 5.97 Å². The molecule has 0 radical (unpaired) electrons. The fourth-order valence-electron chi connectivity index (χ4n) is 4.82. The SMILES string of the molecule is Cc1n(CCOC(=O)[C@](O)(c2ccccc2)[C@H]2CCCC(F)(F)C2)cc[n+]1Cc1ccc(F)cc1. The average molecular weight is 488 g/mol. The molecule has 3 aromatic rings. The van der Waals surface area contributed by atoms with Crippen molar-refractivity contribution in [2.24, 2.45) is 5.92 Å². The molecule has 8 heteroatoms. The van der Waals surface area contributed by atoms with Gasteiger partial charge in [0.25, 0.3) is 5.82 Å². The number of carbonyl (C=O) groups excluding carboxylic acids is 1. The number of aliphatic hydroxyl groups is 1. The minimum absolute atomic E-state index is 0.0246. The summed E-state index contributed by atoms with van der Waals surface area (Å²) >= 11 is 0. The maximum absolute atomic E-state index is 14.2. The molecule has 4 rings (SSSR count). The predicted octanol–water partition coefficient (Wildman–Crippen LogP) is 4.53. The molecule has 1 heterocycles. The van der Waals surface area contributed by atoms with Crippen LogP contribution in [0, 0.1) is 18.7 Å². The van der Waals surface area contributed by atoms with Gasteiger partial charge < -0.3 is 9.84 Å². The molecule has 0 amide bonds. The van der Waals surface area contributed by atoms with Gasteiger partial charge in [0, 0.05) is 25.7 Å². The molecule has 2 atom stereocenters. The first kappa shape index (κ1) is 25.0. The van der Waals surface area contributed by atoms with Gasteiger partial charge in [-0.3, -0.25) is 0 Å². The number of hydrogen-bond acceptors (Lipinski definition) is 3. The summed E-state index contributed by atoms with van der Waals surface area (Å²) in [5.41, 5.74) is -0.929. The highest BCUT2D eigenvalue weighted by Crippen LogP contribution is 2.45. The maximum Gasteiger partial charge on any atom is 0.343 e. The summed E-state index contributed by atoms with van der Waals surface area (Å²) in [4.78, 5) is 13.2. The van der Waals surface area contributed by atoms with Crippen molar-refractivity contribution < 1.29 is 32.4 Å². The summed E-state index contributed by atoms with van der Waals surface area (Å²) < 4.78 is 50.9. The number of nitrogens with zero attached hydrogens (tertiary/aromatic N) is 2. The molecule has 0 bridgehead atoms. The molecule has 186 valence electrons. The molecule has 1 aliphatic carbocycles. The maximum atomic E-state index is 14.2. The van der Waals surface area contributed by atoms with Crippen LogP contribution >= 0.6 is 0 Å². The highest BCUT2D eigenvalue weighted by atomic mass is 19.3. The molecule has 0 aliphatic heterocycles. The molecule has 1 aliphatic rings. The number of rotatable bonds is 8. The lowest BCUT2D eigenvalue weighted by Gasteiger charge is -2.39. The molecular weight excluding hydrogens is 457 g/mol. The van der Waals surface area contributed by atoms with Crippen LogP contribution in [-0.2, 0) is 28.2 Å². The Balaban J connectivity index is 1.44. The number of esters is 1. The Bertz CT molecular complexity index is 1150. The number of benzene rings is 2. The number of alkyl halides is 2. The van der Waals surface area contributed by atoms with E-state index in [4.69, 9.17) is 4.74 Å². The van der Waals surface area contributed by atoms with E-state index in [-0.39, 0.29) is 30.8 Å². The van der Waals surface area contributed by atoms with Crippen LogP contribution in [0.15, 0.2) is 67.0 Å². The second-order valence-corrected chi connectivity index (χ2v) is 9.21. The smallest absolute Gasteiger partial charge is 0.343 e. The highest BCUT2D eigenvalue weighted by molar-refractivity contribution is 5.81. The third kappa shape index (κ3) is 5.59. The Kier molecular flexibility index (Phi) is 7.31. The summed E-state index contributed by atoms with van der Waals surface area (Å²) in [6.07, 6.45) is 3.47. The third-order valence-corrected chi connectivity index (χ3v) is 6.85. The second-order valence-electron chi connectivity index (χ2n) is 9.21. The van der Waals surface area contributed by atoms with Crippen molar-refractivity contribution in [3.8, 4) is 0 Å². The third-order valence-electron chi connectivity index (χ3n) is 6.85. The normalized spacial score (nSPS) is 19.2. The van der Waals surface area contributed by atoms with Gasteiger partial charge in [0.2, 0.25) is 5.92 Å². The van der Waals surface area contributed by atoms with Crippen LogP contribution in [0.3, 0.4) is 0 Å². The van der Waals surface area contributed by atoms with Crippen molar-refractivity contribution in [2.45, 2.75) is 57.2 Å². The first-order valence-corrected chi connectivity index (χ1v) is 11.8. The molecule has 5 nitrogen and oxygen atoms in total. The zero-order valence-corrected chi connectivity index (χ0v) is 19.7. The van der Waals surface area contributed by atoms with Crippen molar-refractivity contribution in [1.29, 1.82) is 0 Å². The molecule has 0 unspecified atom stereocenters. The molecular formula is C27H30F3N2O3+. The van der Waals surface area contributed by atoms with Gasteiger partial charge in [-0.25, -0.2) is 27.1 Å². The highest BCUT2D eigenvalue weighted by Gasteiger charge is 2.52.